The van der Waals surface area contributed by atoms with Gasteiger partial charge in [-0.3, -0.25) is 19.7 Å². The molecule has 3 rings (SSSR count). The Morgan fingerprint density at radius 2 is 1.09 bits per heavy atom. The third-order valence-electron chi connectivity index (χ3n) is 7.49. The van der Waals surface area contributed by atoms with Crippen LogP contribution in [0.3, 0.4) is 0 Å². The van der Waals surface area contributed by atoms with Gasteiger partial charge >= 0.3 is 0 Å². The van der Waals surface area contributed by atoms with E-state index in [-0.39, 0.29) is 30.7 Å². The number of aliphatic hydroxyl groups excluding tert-OH is 2. The summed E-state index contributed by atoms with van der Waals surface area (Å²) in [6.07, 6.45) is -2.49. The Morgan fingerprint density at radius 1 is 0.591 bits per heavy atom. The Labute approximate surface area is 260 Å². The highest BCUT2D eigenvalue weighted by Gasteiger charge is 2.37. The molecular weight excluding hydrogens is 556 g/mol. The summed E-state index contributed by atoms with van der Waals surface area (Å²) in [5, 5.41) is 33.9. The van der Waals surface area contributed by atoms with Gasteiger partial charge in [0.2, 0.25) is 17.7 Å². The number of carbonyl (C=O) groups is 3. The summed E-state index contributed by atoms with van der Waals surface area (Å²) < 4.78 is 0. The van der Waals surface area contributed by atoms with E-state index < -0.39 is 42.1 Å². The average Bonchev–Trinajstić information content (AvgIpc) is 3.03. The van der Waals surface area contributed by atoms with Crippen molar-refractivity contribution in [2.75, 3.05) is 0 Å². The van der Waals surface area contributed by atoms with Crippen molar-refractivity contribution in [3.63, 3.8) is 0 Å². The van der Waals surface area contributed by atoms with Gasteiger partial charge in [-0.05, 0) is 34.9 Å². The molecule has 3 amide bonds. The fraction of sp³-hybridized carbons (Fsp3) is 0.400. The standard InChI is InChI=1S/C35H46N4O5/c1-23(2)29(33(42)37-22-27-18-12-7-13-19-27)39-34(43)30(36-21-26-16-10-6-11-17-26)32(41)28(20-25-14-8-5-9-15-25)38-35(44)31(40)24(3)4/h5-19,23-24,28-32,36,40-41H,20-22H2,1-4H3,(H,37,42)(H,38,44)(H,39,43)/t28-,29-,30+,31+,32+/m0/s1. The molecule has 0 aliphatic heterocycles. The van der Waals surface area contributed by atoms with Crippen LogP contribution in [0.4, 0.5) is 0 Å². The Balaban J connectivity index is 1.86. The minimum absolute atomic E-state index is 0.209. The topological polar surface area (TPSA) is 140 Å². The predicted octanol–water partition coefficient (Wildman–Crippen LogP) is 2.71. The lowest BCUT2D eigenvalue weighted by molar-refractivity contribution is -0.136. The van der Waals surface area contributed by atoms with Crippen LogP contribution < -0.4 is 21.3 Å². The molecule has 6 N–H and O–H groups in total. The molecule has 0 fully saturated rings. The second kappa shape index (κ2) is 17.3. The monoisotopic (exact) mass is 602 g/mol. The lowest BCUT2D eigenvalue weighted by Gasteiger charge is -2.33. The summed E-state index contributed by atoms with van der Waals surface area (Å²) in [4.78, 5) is 40.1. The van der Waals surface area contributed by atoms with E-state index in [0.717, 1.165) is 16.7 Å². The minimum atomic E-state index is -1.41. The molecule has 3 aromatic rings. The molecule has 236 valence electrons. The second-order valence-corrected chi connectivity index (χ2v) is 11.8. The molecular formula is C35H46N4O5. The zero-order chi connectivity index (χ0) is 32.1. The number of nitrogens with one attached hydrogen (secondary N) is 4. The van der Waals surface area contributed by atoms with Crippen LogP contribution in [0.1, 0.15) is 44.4 Å². The van der Waals surface area contributed by atoms with E-state index in [9.17, 15) is 24.6 Å². The fourth-order valence-corrected chi connectivity index (χ4v) is 4.79. The Bertz CT molecular complexity index is 1300. The summed E-state index contributed by atoms with van der Waals surface area (Å²) in [6.45, 7) is 7.67. The van der Waals surface area contributed by atoms with E-state index >= 15 is 0 Å². The molecule has 9 heteroatoms. The van der Waals surface area contributed by atoms with Gasteiger partial charge in [-0.1, -0.05) is 119 Å². The van der Waals surface area contributed by atoms with Crippen molar-refractivity contribution in [3.05, 3.63) is 108 Å². The van der Waals surface area contributed by atoms with E-state index in [1.807, 2.05) is 105 Å². The van der Waals surface area contributed by atoms with E-state index in [1.165, 1.54) is 0 Å². The molecule has 3 aromatic carbocycles. The number of hydrogen-bond donors (Lipinski definition) is 6. The van der Waals surface area contributed by atoms with Crippen LogP contribution in [0.15, 0.2) is 91.0 Å². The van der Waals surface area contributed by atoms with Crippen molar-refractivity contribution < 1.29 is 24.6 Å². The molecule has 0 saturated carbocycles. The quantitative estimate of drug-likeness (QED) is 0.149. The number of rotatable bonds is 16. The molecule has 0 saturated heterocycles. The number of carbonyl (C=O) groups excluding carboxylic acids is 3. The van der Waals surface area contributed by atoms with Gasteiger partial charge in [-0.25, -0.2) is 0 Å². The van der Waals surface area contributed by atoms with Crippen LogP contribution in [0.5, 0.6) is 0 Å². The molecule has 0 radical (unpaired) electrons. The first-order chi connectivity index (χ1) is 21.1. The van der Waals surface area contributed by atoms with E-state index in [4.69, 9.17) is 0 Å². The molecule has 0 unspecified atom stereocenters. The maximum atomic E-state index is 13.9. The summed E-state index contributed by atoms with van der Waals surface area (Å²) in [7, 11) is 0. The van der Waals surface area contributed by atoms with Gasteiger partial charge in [0.1, 0.15) is 18.2 Å². The SMILES string of the molecule is CC(C)[C@H](NC(=O)[C@H](NCc1ccccc1)[C@H](O)[C@H](Cc1ccccc1)NC(=O)[C@H](O)C(C)C)C(=O)NCc1ccccc1. The van der Waals surface area contributed by atoms with Gasteiger partial charge in [0, 0.05) is 13.1 Å². The van der Waals surface area contributed by atoms with Crippen LogP contribution in [-0.2, 0) is 33.9 Å². The molecule has 5 atom stereocenters. The smallest absolute Gasteiger partial charge is 0.249 e. The van der Waals surface area contributed by atoms with Crippen LogP contribution in [0.2, 0.25) is 0 Å². The first kappa shape index (κ1) is 34.4. The zero-order valence-corrected chi connectivity index (χ0v) is 25.9. The van der Waals surface area contributed by atoms with Crippen molar-refractivity contribution in [1.82, 2.24) is 21.3 Å². The molecule has 9 nitrogen and oxygen atoms in total. The number of hydrogen-bond acceptors (Lipinski definition) is 6. The molecule has 0 aliphatic rings. The summed E-state index contributed by atoms with van der Waals surface area (Å²) in [6, 6.07) is 25.2. The number of amides is 3. The first-order valence-electron chi connectivity index (χ1n) is 15.2. The third kappa shape index (κ3) is 10.6. The molecule has 0 heterocycles. The molecule has 44 heavy (non-hydrogen) atoms. The van der Waals surface area contributed by atoms with Crippen molar-refractivity contribution in [1.29, 1.82) is 0 Å². The average molecular weight is 603 g/mol. The third-order valence-corrected chi connectivity index (χ3v) is 7.49. The number of aliphatic hydroxyl groups is 2. The summed E-state index contributed by atoms with van der Waals surface area (Å²) >= 11 is 0. The van der Waals surface area contributed by atoms with Gasteiger partial charge in [-0.2, -0.15) is 0 Å². The summed E-state index contributed by atoms with van der Waals surface area (Å²) in [5.74, 6) is -2.16. The fourth-order valence-electron chi connectivity index (χ4n) is 4.79. The van der Waals surface area contributed by atoms with Crippen LogP contribution in [0.25, 0.3) is 0 Å². The second-order valence-electron chi connectivity index (χ2n) is 11.8. The minimum Gasteiger partial charge on any atom is -0.389 e. The van der Waals surface area contributed by atoms with Gasteiger partial charge in [0.25, 0.3) is 0 Å². The highest BCUT2D eigenvalue weighted by atomic mass is 16.3. The van der Waals surface area contributed by atoms with Gasteiger partial charge in [0.15, 0.2) is 0 Å². The van der Waals surface area contributed by atoms with Crippen molar-refractivity contribution in [2.45, 2.75) is 77.5 Å². The zero-order valence-electron chi connectivity index (χ0n) is 25.9. The van der Waals surface area contributed by atoms with E-state index in [2.05, 4.69) is 21.3 Å². The Hall–Kier alpha value is -4.05. The van der Waals surface area contributed by atoms with Crippen LogP contribution >= 0.6 is 0 Å². The van der Waals surface area contributed by atoms with Crippen molar-refractivity contribution >= 4 is 17.7 Å². The van der Waals surface area contributed by atoms with Crippen LogP contribution in [0, 0.1) is 11.8 Å². The lowest BCUT2D eigenvalue weighted by Crippen LogP contribution is -2.62. The molecule has 0 spiro atoms. The first-order valence-corrected chi connectivity index (χ1v) is 15.2. The maximum Gasteiger partial charge on any atom is 0.249 e. The lowest BCUT2D eigenvalue weighted by atomic mass is 9.94. The van der Waals surface area contributed by atoms with Crippen molar-refractivity contribution in [3.8, 4) is 0 Å². The highest BCUT2D eigenvalue weighted by Crippen LogP contribution is 2.14. The molecule has 0 aliphatic carbocycles. The molecule has 0 bridgehead atoms. The number of benzene rings is 3. The predicted molar refractivity (Wildman–Crippen MR) is 171 cm³/mol. The Morgan fingerprint density at radius 3 is 1.59 bits per heavy atom. The maximum absolute atomic E-state index is 13.9. The Kier molecular flexibility index (Phi) is 13.5. The molecule has 0 aromatic heterocycles. The summed E-state index contributed by atoms with van der Waals surface area (Å²) in [5.41, 5.74) is 2.64. The van der Waals surface area contributed by atoms with Crippen molar-refractivity contribution in [2.24, 2.45) is 11.8 Å². The highest BCUT2D eigenvalue weighted by molar-refractivity contribution is 5.90. The van der Waals surface area contributed by atoms with Crippen LogP contribution in [-0.4, -0.2) is 58.3 Å². The van der Waals surface area contributed by atoms with Gasteiger partial charge in [0.05, 0.1) is 12.1 Å². The van der Waals surface area contributed by atoms with E-state index in [1.54, 1.807) is 13.8 Å². The largest absolute Gasteiger partial charge is 0.389 e. The normalized spacial score (nSPS) is 14.7. The van der Waals surface area contributed by atoms with E-state index in [0.29, 0.717) is 6.54 Å². The van der Waals surface area contributed by atoms with Gasteiger partial charge in [-0.15, -0.1) is 0 Å². The van der Waals surface area contributed by atoms with Gasteiger partial charge < -0.3 is 26.2 Å².